The highest BCUT2D eigenvalue weighted by Gasteiger charge is 2.49. The molecule has 0 heterocycles. The Kier molecular flexibility index (Phi) is 2.68. The highest BCUT2D eigenvalue weighted by atomic mass is 16.1. The molecule has 86 valence electrons. The number of ketones is 1. The lowest BCUT2D eigenvalue weighted by Crippen LogP contribution is -2.48. The monoisotopic (exact) mass is 208 g/mol. The summed E-state index contributed by atoms with van der Waals surface area (Å²) < 4.78 is 0. The van der Waals surface area contributed by atoms with Crippen LogP contribution in [0.15, 0.2) is 0 Å². The fourth-order valence-electron chi connectivity index (χ4n) is 4.28. The van der Waals surface area contributed by atoms with Gasteiger partial charge in [0, 0.05) is 5.92 Å². The van der Waals surface area contributed by atoms with Gasteiger partial charge in [0.2, 0.25) is 0 Å². The van der Waals surface area contributed by atoms with Crippen molar-refractivity contribution in [3.05, 3.63) is 0 Å². The van der Waals surface area contributed by atoms with E-state index in [4.69, 9.17) is 0 Å². The summed E-state index contributed by atoms with van der Waals surface area (Å²) in [5.41, 5.74) is 0.306. The standard InChI is InChI=1S/C14H24O/c1-9(15)12-10-5-7-11(8-6-10)13(12)14(2,3)4/h10-13H,5-8H2,1-4H3. The Labute approximate surface area is 93.6 Å². The third-order valence-corrected chi connectivity index (χ3v) is 4.69. The van der Waals surface area contributed by atoms with Crippen LogP contribution in [0.3, 0.4) is 0 Å². The van der Waals surface area contributed by atoms with Gasteiger partial charge in [-0.1, -0.05) is 20.8 Å². The van der Waals surface area contributed by atoms with Crippen molar-refractivity contribution in [1.82, 2.24) is 0 Å². The average molecular weight is 208 g/mol. The zero-order valence-electron chi connectivity index (χ0n) is 10.5. The number of rotatable bonds is 1. The molecule has 3 fully saturated rings. The molecule has 3 saturated carbocycles. The zero-order chi connectivity index (χ0) is 11.2. The fraction of sp³-hybridized carbons (Fsp3) is 0.929. The van der Waals surface area contributed by atoms with E-state index < -0.39 is 0 Å². The summed E-state index contributed by atoms with van der Waals surface area (Å²) in [7, 11) is 0. The Balaban J connectivity index is 2.29. The molecule has 1 nitrogen and oxygen atoms in total. The molecule has 0 N–H and O–H groups in total. The van der Waals surface area contributed by atoms with Gasteiger partial charge in [0.05, 0.1) is 0 Å². The molecule has 0 spiro atoms. The first-order valence-corrected chi connectivity index (χ1v) is 6.41. The van der Waals surface area contributed by atoms with Crippen LogP contribution in [0.5, 0.6) is 0 Å². The van der Waals surface area contributed by atoms with Crippen LogP contribution in [0.4, 0.5) is 0 Å². The summed E-state index contributed by atoms with van der Waals surface area (Å²) in [4.78, 5) is 11.8. The maximum absolute atomic E-state index is 11.8. The number of fused-ring (bicyclic) bond motifs is 3. The minimum absolute atomic E-state index is 0.306. The summed E-state index contributed by atoms with van der Waals surface area (Å²) >= 11 is 0. The van der Waals surface area contributed by atoms with E-state index in [0.29, 0.717) is 29.0 Å². The van der Waals surface area contributed by atoms with Crippen LogP contribution in [-0.4, -0.2) is 5.78 Å². The van der Waals surface area contributed by atoms with Gasteiger partial charge < -0.3 is 0 Å². The first-order chi connectivity index (χ1) is 6.91. The van der Waals surface area contributed by atoms with Gasteiger partial charge in [-0.25, -0.2) is 0 Å². The van der Waals surface area contributed by atoms with Crippen molar-refractivity contribution in [2.24, 2.45) is 29.1 Å². The van der Waals surface area contributed by atoms with Gasteiger partial charge in [0.15, 0.2) is 0 Å². The molecule has 0 aromatic carbocycles. The van der Waals surface area contributed by atoms with Crippen molar-refractivity contribution < 1.29 is 4.79 Å². The Hall–Kier alpha value is -0.330. The molecule has 3 aliphatic carbocycles. The van der Waals surface area contributed by atoms with Crippen molar-refractivity contribution in [3.8, 4) is 0 Å². The topological polar surface area (TPSA) is 17.1 Å². The van der Waals surface area contributed by atoms with Crippen LogP contribution in [0.25, 0.3) is 0 Å². The van der Waals surface area contributed by atoms with Gasteiger partial charge >= 0.3 is 0 Å². The molecular formula is C14H24O. The summed E-state index contributed by atoms with van der Waals surface area (Å²) in [6.07, 6.45) is 5.36. The molecule has 3 rings (SSSR count). The van der Waals surface area contributed by atoms with E-state index in [1.54, 1.807) is 0 Å². The van der Waals surface area contributed by atoms with Crippen molar-refractivity contribution in [3.63, 3.8) is 0 Å². The minimum atomic E-state index is 0.306. The second-order valence-electron chi connectivity index (χ2n) is 6.70. The average Bonchev–Trinajstić information content (AvgIpc) is 2.16. The predicted molar refractivity (Wildman–Crippen MR) is 62.6 cm³/mol. The second-order valence-corrected chi connectivity index (χ2v) is 6.70. The Morgan fingerprint density at radius 2 is 1.47 bits per heavy atom. The number of hydrogen-bond donors (Lipinski definition) is 0. The molecule has 0 aromatic rings. The highest BCUT2D eigenvalue weighted by Crippen LogP contribution is 2.55. The number of hydrogen-bond acceptors (Lipinski definition) is 1. The van der Waals surface area contributed by atoms with Crippen LogP contribution < -0.4 is 0 Å². The molecule has 0 radical (unpaired) electrons. The van der Waals surface area contributed by atoms with E-state index in [1.807, 2.05) is 6.92 Å². The van der Waals surface area contributed by atoms with E-state index >= 15 is 0 Å². The SMILES string of the molecule is CC(=O)C1C2CCC(CC2)C1C(C)(C)C. The molecule has 0 amide bonds. The number of carbonyl (C=O) groups is 1. The zero-order valence-corrected chi connectivity index (χ0v) is 10.5. The van der Waals surface area contributed by atoms with Crippen LogP contribution in [0, 0.1) is 29.1 Å². The van der Waals surface area contributed by atoms with E-state index in [2.05, 4.69) is 20.8 Å². The van der Waals surface area contributed by atoms with Gasteiger partial charge in [-0.15, -0.1) is 0 Å². The van der Waals surface area contributed by atoms with Crippen LogP contribution in [-0.2, 0) is 4.79 Å². The number of carbonyl (C=O) groups excluding carboxylic acids is 1. The van der Waals surface area contributed by atoms with Crippen LogP contribution in [0.1, 0.15) is 53.4 Å². The normalized spacial score (nSPS) is 40.5. The minimum Gasteiger partial charge on any atom is -0.300 e. The lowest BCUT2D eigenvalue weighted by Gasteiger charge is -2.53. The maximum atomic E-state index is 11.8. The van der Waals surface area contributed by atoms with Crippen molar-refractivity contribution in [1.29, 1.82) is 0 Å². The second kappa shape index (κ2) is 3.61. The smallest absolute Gasteiger partial charge is 0.133 e. The Morgan fingerprint density at radius 3 is 1.80 bits per heavy atom. The number of Topliss-reactive ketones (excluding diaryl/α,β-unsaturated/α-hetero) is 1. The Morgan fingerprint density at radius 1 is 1.00 bits per heavy atom. The molecule has 0 aliphatic heterocycles. The molecule has 3 aliphatic rings. The molecule has 1 heteroatoms. The van der Waals surface area contributed by atoms with E-state index in [9.17, 15) is 4.79 Å². The van der Waals surface area contributed by atoms with Gasteiger partial charge in [0.25, 0.3) is 0 Å². The molecular weight excluding hydrogens is 184 g/mol. The summed E-state index contributed by atoms with van der Waals surface area (Å²) in [5.74, 6) is 2.99. The van der Waals surface area contributed by atoms with Crippen molar-refractivity contribution in [2.75, 3.05) is 0 Å². The quantitative estimate of drug-likeness (QED) is 0.642. The van der Waals surface area contributed by atoms with Gasteiger partial charge in [-0.05, 0) is 55.8 Å². The molecule has 15 heavy (non-hydrogen) atoms. The van der Waals surface area contributed by atoms with E-state index in [1.165, 1.54) is 25.7 Å². The van der Waals surface area contributed by atoms with E-state index in [0.717, 1.165) is 5.92 Å². The molecule has 2 atom stereocenters. The predicted octanol–water partition coefficient (Wildman–Crippen LogP) is 3.67. The molecule has 0 saturated heterocycles. The Bertz CT molecular complexity index is 253. The lowest BCUT2D eigenvalue weighted by molar-refractivity contribution is -0.135. The molecule has 2 unspecified atom stereocenters. The van der Waals surface area contributed by atoms with Crippen LogP contribution in [0.2, 0.25) is 0 Å². The van der Waals surface area contributed by atoms with Crippen molar-refractivity contribution >= 4 is 5.78 Å². The molecule has 0 aromatic heterocycles. The highest BCUT2D eigenvalue weighted by molar-refractivity contribution is 5.79. The third-order valence-electron chi connectivity index (χ3n) is 4.69. The largest absolute Gasteiger partial charge is 0.300 e. The van der Waals surface area contributed by atoms with Crippen molar-refractivity contribution in [2.45, 2.75) is 53.4 Å². The lowest BCUT2D eigenvalue weighted by atomic mass is 9.51. The van der Waals surface area contributed by atoms with Gasteiger partial charge in [0.1, 0.15) is 5.78 Å². The fourth-order valence-corrected chi connectivity index (χ4v) is 4.28. The van der Waals surface area contributed by atoms with Crippen LogP contribution >= 0.6 is 0 Å². The molecule has 2 bridgehead atoms. The van der Waals surface area contributed by atoms with E-state index in [-0.39, 0.29) is 0 Å². The summed E-state index contributed by atoms with van der Waals surface area (Å²) in [5, 5.41) is 0. The third kappa shape index (κ3) is 1.86. The summed E-state index contributed by atoms with van der Waals surface area (Å²) in [6, 6.07) is 0. The van der Waals surface area contributed by atoms with Gasteiger partial charge in [-0.3, -0.25) is 4.79 Å². The first-order valence-electron chi connectivity index (χ1n) is 6.41. The summed E-state index contributed by atoms with van der Waals surface area (Å²) in [6.45, 7) is 8.75. The van der Waals surface area contributed by atoms with Gasteiger partial charge in [-0.2, -0.15) is 0 Å². The first kappa shape index (κ1) is 11.2. The maximum Gasteiger partial charge on any atom is 0.133 e.